The van der Waals surface area contributed by atoms with E-state index < -0.39 is 11.9 Å². The van der Waals surface area contributed by atoms with Crippen molar-refractivity contribution in [2.24, 2.45) is 0 Å². The van der Waals surface area contributed by atoms with Gasteiger partial charge in [0.2, 0.25) is 0 Å². The van der Waals surface area contributed by atoms with Gasteiger partial charge < -0.3 is 19.3 Å². The van der Waals surface area contributed by atoms with Crippen molar-refractivity contribution in [1.82, 2.24) is 9.55 Å². The first-order chi connectivity index (χ1) is 15.4. The van der Waals surface area contributed by atoms with Gasteiger partial charge >= 0.3 is 11.9 Å². The smallest absolute Gasteiger partial charge is 0.358 e. The van der Waals surface area contributed by atoms with E-state index in [2.05, 4.69) is 6.92 Å². The van der Waals surface area contributed by atoms with Gasteiger partial charge in [-0.15, -0.1) is 0 Å². The zero-order valence-corrected chi connectivity index (χ0v) is 19.0. The first-order valence-electron chi connectivity index (χ1n) is 10.6. The molecular weight excluding hydrogens is 406 g/mol. The lowest BCUT2D eigenvalue weighted by molar-refractivity contribution is 0.0588. The number of imidazole rings is 1. The summed E-state index contributed by atoms with van der Waals surface area (Å²) in [5, 5.41) is 9.47. The Morgan fingerprint density at radius 2 is 1.78 bits per heavy atom. The second-order valence-electron chi connectivity index (χ2n) is 7.82. The fraction of sp³-hybridized carbons (Fsp3) is 0.320. The van der Waals surface area contributed by atoms with Crippen LogP contribution in [0.4, 0.5) is 5.82 Å². The maximum atomic E-state index is 12.6. The number of aromatic carboxylic acids is 1. The fourth-order valence-electron chi connectivity index (χ4n) is 3.68. The number of unbranched alkanes of at least 4 members (excludes halogenated alkanes) is 1. The Labute approximate surface area is 188 Å². The van der Waals surface area contributed by atoms with Gasteiger partial charge in [-0.1, -0.05) is 55.8 Å². The molecule has 7 nitrogen and oxygen atoms in total. The van der Waals surface area contributed by atoms with Crippen molar-refractivity contribution in [3.05, 3.63) is 71.2 Å². The van der Waals surface area contributed by atoms with Crippen LogP contribution in [0.3, 0.4) is 0 Å². The minimum absolute atomic E-state index is 0.264. The van der Waals surface area contributed by atoms with Crippen LogP contribution >= 0.6 is 0 Å². The highest BCUT2D eigenvalue weighted by molar-refractivity contribution is 5.96. The molecule has 0 amide bonds. The minimum atomic E-state index is -0.956. The number of carbonyl (C=O) groups excluding carboxylic acids is 1. The van der Waals surface area contributed by atoms with E-state index >= 15 is 0 Å². The van der Waals surface area contributed by atoms with Gasteiger partial charge in [0, 0.05) is 27.1 Å². The summed E-state index contributed by atoms with van der Waals surface area (Å²) >= 11 is 0. The molecule has 168 valence electrons. The van der Waals surface area contributed by atoms with Crippen molar-refractivity contribution in [2.45, 2.75) is 32.7 Å². The Bertz CT molecular complexity index is 1100. The summed E-state index contributed by atoms with van der Waals surface area (Å²) in [5.41, 5.74) is 3.17. The van der Waals surface area contributed by atoms with Crippen LogP contribution in [0.15, 0.2) is 48.5 Å². The van der Waals surface area contributed by atoms with Crippen LogP contribution in [0, 0.1) is 0 Å². The number of hydrogen-bond donors (Lipinski definition) is 1. The zero-order chi connectivity index (χ0) is 23.3. The van der Waals surface area contributed by atoms with Crippen molar-refractivity contribution in [2.75, 3.05) is 26.1 Å². The predicted molar refractivity (Wildman–Crippen MR) is 124 cm³/mol. The van der Waals surface area contributed by atoms with Gasteiger partial charge in [0.25, 0.3) is 0 Å². The van der Waals surface area contributed by atoms with Crippen LogP contribution in [0.5, 0.6) is 0 Å². The Hall–Kier alpha value is -3.61. The number of carboxylic acids is 1. The SMILES string of the molecule is CCCCc1nc(N(C)C)c(C(=O)OC)n1Cc1ccc(-c2ccccc2C(=O)O)cc1. The number of hydrogen-bond acceptors (Lipinski definition) is 5. The number of benzene rings is 2. The van der Waals surface area contributed by atoms with Crippen LogP contribution in [0.1, 0.15) is 52.0 Å². The Morgan fingerprint density at radius 1 is 1.09 bits per heavy atom. The van der Waals surface area contributed by atoms with Crippen LogP contribution in [0.25, 0.3) is 11.1 Å². The van der Waals surface area contributed by atoms with Crippen molar-refractivity contribution in [1.29, 1.82) is 0 Å². The summed E-state index contributed by atoms with van der Waals surface area (Å²) in [7, 11) is 5.09. The molecule has 0 aliphatic rings. The van der Waals surface area contributed by atoms with Crippen molar-refractivity contribution >= 4 is 17.8 Å². The molecule has 0 unspecified atom stereocenters. The molecule has 0 aliphatic heterocycles. The van der Waals surface area contributed by atoms with E-state index in [0.717, 1.165) is 36.2 Å². The summed E-state index contributed by atoms with van der Waals surface area (Å²) < 4.78 is 6.98. The van der Waals surface area contributed by atoms with Gasteiger partial charge in [-0.25, -0.2) is 14.6 Å². The number of carbonyl (C=O) groups is 2. The summed E-state index contributed by atoms with van der Waals surface area (Å²) in [6, 6.07) is 14.7. The van der Waals surface area contributed by atoms with E-state index in [-0.39, 0.29) is 5.56 Å². The molecule has 3 rings (SSSR count). The number of aromatic nitrogens is 2. The number of methoxy groups -OCH3 is 1. The van der Waals surface area contributed by atoms with Gasteiger partial charge in [0.05, 0.1) is 12.7 Å². The number of aryl methyl sites for hydroxylation is 1. The summed E-state index contributed by atoms with van der Waals surface area (Å²) in [4.78, 5) is 30.7. The molecule has 3 aromatic rings. The number of anilines is 1. The molecule has 7 heteroatoms. The zero-order valence-electron chi connectivity index (χ0n) is 19.0. The highest BCUT2D eigenvalue weighted by Crippen LogP contribution is 2.26. The third-order valence-corrected chi connectivity index (χ3v) is 5.35. The topological polar surface area (TPSA) is 84.7 Å². The fourth-order valence-corrected chi connectivity index (χ4v) is 3.68. The Morgan fingerprint density at radius 3 is 2.38 bits per heavy atom. The molecule has 0 saturated heterocycles. The van der Waals surface area contributed by atoms with Gasteiger partial charge in [-0.3, -0.25) is 0 Å². The van der Waals surface area contributed by atoms with Crippen LogP contribution in [-0.2, 0) is 17.7 Å². The second-order valence-corrected chi connectivity index (χ2v) is 7.82. The number of rotatable bonds is 9. The normalized spacial score (nSPS) is 10.8. The summed E-state index contributed by atoms with van der Waals surface area (Å²) in [6.07, 6.45) is 2.75. The molecule has 0 aliphatic carbocycles. The van der Waals surface area contributed by atoms with Gasteiger partial charge in [0.15, 0.2) is 11.5 Å². The lowest BCUT2D eigenvalue weighted by Crippen LogP contribution is -2.18. The van der Waals surface area contributed by atoms with E-state index in [0.29, 0.717) is 23.6 Å². The molecular formula is C25H29N3O4. The van der Waals surface area contributed by atoms with E-state index in [1.54, 1.807) is 18.2 Å². The van der Waals surface area contributed by atoms with Crippen molar-refractivity contribution in [3.8, 4) is 11.1 Å². The molecule has 2 aromatic carbocycles. The number of nitrogens with zero attached hydrogens (tertiary/aromatic N) is 3. The van der Waals surface area contributed by atoms with E-state index in [4.69, 9.17) is 9.72 Å². The Kier molecular flexibility index (Phi) is 7.30. The molecule has 1 heterocycles. The largest absolute Gasteiger partial charge is 0.478 e. The third kappa shape index (κ3) is 4.82. The average Bonchev–Trinajstić information content (AvgIpc) is 3.16. The molecule has 1 aromatic heterocycles. The lowest BCUT2D eigenvalue weighted by Gasteiger charge is -2.14. The van der Waals surface area contributed by atoms with Gasteiger partial charge in [0.1, 0.15) is 5.82 Å². The maximum Gasteiger partial charge on any atom is 0.358 e. The first-order valence-corrected chi connectivity index (χ1v) is 10.6. The van der Waals surface area contributed by atoms with E-state index in [1.807, 2.05) is 53.9 Å². The quantitative estimate of drug-likeness (QED) is 0.499. The molecule has 0 saturated carbocycles. The molecule has 0 bridgehead atoms. The average molecular weight is 436 g/mol. The molecule has 32 heavy (non-hydrogen) atoms. The molecule has 0 radical (unpaired) electrons. The highest BCUT2D eigenvalue weighted by atomic mass is 16.5. The van der Waals surface area contributed by atoms with Crippen molar-refractivity contribution in [3.63, 3.8) is 0 Å². The third-order valence-electron chi connectivity index (χ3n) is 5.35. The van der Waals surface area contributed by atoms with Crippen LogP contribution in [-0.4, -0.2) is 47.8 Å². The lowest BCUT2D eigenvalue weighted by atomic mass is 9.99. The molecule has 0 atom stereocenters. The van der Waals surface area contributed by atoms with Crippen molar-refractivity contribution < 1.29 is 19.4 Å². The summed E-state index contributed by atoms with van der Waals surface area (Å²) in [5.74, 6) is 0.0600. The van der Waals surface area contributed by atoms with Crippen LogP contribution in [0.2, 0.25) is 0 Å². The van der Waals surface area contributed by atoms with Gasteiger partial charge in [-0.2, -0.15) is 0 Å². The first kappa shape index (κ1) is 23.1. The summed E-state index contributed by atoms with van der Waals surface area (Å²) in [6.45, 7) is 2.58. The number of esters is 1. The van der Waals surface area contributed by atoms with E-state index in [1.165, 1.54) is 7.11 Å². The molecule has 0 fully saturated rings. The highest BCUT2D eigenvalue weighted by Gasteiger charge is 2.25. The Balaban J connectivity index is 1.99. The number of carboxylic acid groups (broad SMARTS) is 1. The minimum Gasteiger partial charge on any atom is -0.478 e. The number of ether oxygens (including phenoxy) is 1. The second kappa shape index (κ2) is 10.1. The predicted octanol–water partition coefficient (Wildman–Crippen LogP) is 4.49. The maximum absolute atomic E-state index is 12.6. The standard InChI is InChI=1S/C25H29N3O4/c1-5-6-11-21-26-23(27(2)3)22(25(31)32-4)28(21)16-17-12-14-18(15-13-17)19-9-7-8-10-20(19)24(29)30/h7-10,12-15H,5-6,11,16H2,1-4H3,(H,29,30). The van der Waals surface area contributed by atoms with Crippen LogP contribution < -0.4 is 4.90 Å². The monoisotopic (exact) mass is 435 g/mol. The van der Waals surface area contributed by atoms with E-state index in [9.17, 15) is 14.7 Å². The molecule has 1 N–H and O–H groups in total. The molecule has 0 spiro atoms. The van der Waals surface area contributed by atoms with Gasteiger partial charge in [-0.05, 0) is 29.2 Å².